The lowest BCUT2D eigenvalue weighted by Gasteiger charge is -2.32. The third-order valence-corrected chi connectivity index (χ3v) is 7.05. The zero-order valence-electron chi connectivity index (χ0n) is 12.3. The second kappa shape index (κ2) is 7.33. The van der Waals surface area contributed by atoms with Gasteiger partial charge in [0.05, 0.1) is 4.90 Å². The number of sulfonamides is 1. The SMILES string of the molecule is CCNCc1ccc(S(=O)(=O)N2CCSCC2C)cc1Cl. The largest absolute Gasteiger partial charge is 0.313 e. The van der Waals surface area contributed by atoms with Gasteiger partial charge in [0.2, 0.25) is 10.0 Å². The smallest absolute Gasteiger partial charge is 0.243 e. The van der Waals surface area contributed by atoms with E-state index in [9.17, 15) is 8.42 Å². The maximum Gasteiger partial charge on any atom is 0.243 e. The molecule has 1 aliphatic rings. The molecule has 118 valence electrons. The van der Waals surface area contributed by atoms with Crippen LogP contribution in [-0.4, -0.2) is 43.4 Å². The predicted molar refractivity (Wildman–Crippen MR) is 89.5 cm³/mol. The molecule has 21 heavy (non-hydrogen) atoms. The first-order chi connectivity index (χ1) is 9.96. The molecule has 1 atom stereocenters. The Labute approximate surface area is 136 Å². The summed E-state index contributed by atoms with van der Waals surface area (Å²) in [5.74, 6) is 1.68. The summed E-state index contributed by atoms with van der Waals surface area (Å²) in [5.41, 5.74) is 0.916. The molecule has 0 bridgehead atoms. The van der Waals surface area contributed by atoms with Crippen LogP contribution in [0.5, 0.6) is 0 Å². The minimum Gasteiger partial charge on any atom is -0.313 e. The number of thioether (sulfide) groups is 1. The summed E-state index contributed by atoms with van der Waals surface area (Å²) in [6.07, 6.45) is 0. The lowest BCUT2D eigenvalue weighted by atomic mass is 10.2. The van der Waals surface area contributed by atoms with Gasteiger partial charge in [-0.1, -0.05) is 24.6 Å². The quantitative estimate of drug-likeness (QED) is 0.888. The van der Waals surface area contributed by atoms with E-state index in [0.29, 0.717) is 18.1 Å². The fourth-order valence-electron chi connectivity index (χ4n) is 2.30. The highest BCUT2D eigenvalue weighted by molar-refractivity contribution is 7.99. The Morgan fingerprint density at radius 2 is 2.24 bits per heavy atom. The minimum atomic E-state index is -3.46. The topological polar surface area (TPSA) is 49.4 Å². The van der Waals surface area contributed by atoms with Crippen molar-refractivity contribution in [1.29, 1.82) is 0 Å². The molecule has 1 unspecified atom stereocenters. The van der Waals surface area contributed by atoms with Crippen LogP contribution in [0, 0.1) is 0 Å². The number of nitrogens with zero attached hydrogens (tertiary/aromatic N) is 1. The molecule has 0 radical (unpaired) electrons. The molecular weight excluding hydrogens is 328 g/mol. The van der Waals surface area contributed by atoms with Crippen molar-refractivity contribution in [2.24, 2.45) is 0 Å². The van der Waals surface area contributed by atoms with Gasteiger partial charge in [-0.3, -0.25) is 0 Å². The minimum absolute atomic E-state index is 0.0222. The van der Waals surface area contributed by atoms with E-state index in [2.05, 4.69) is 5.32 Å². The maximum atomic E-state index is 12.7. The monoisotopic (exact) mass is 348 g/mol. The molecule has 0 saturated carbocycles. The second-order valence-electron chi connectivity index (χ2n) is 5.07. The van der Waals surface area contributed by atoms with Gasteiger partial charge in [0, 0.05) is 35.7 Å². The number of rotatable bonds is 5. The molecule has 2 rings (SSSR count). The summed E-state index contributed by atoms with van der Waals surface area (Å²) in [7, 11) is -3.46. The predicted octanol–water partition coefficient (Wildman–Crippen LogP) is 2.58. The van der Waals surface area contributed by atoms with Crippen LogP contribution in [0.15, 0.2) is 23.1 Å². The molecule has 1 N–H and O–H groups in total. The summed E-state index contributed by atoms with van der Waals surface area (Å²) in [6, 6.07) is 5.04. The van der Waals surface area contributed by atoms with Crippen LogP contribution < -0.4 is 5.32 Å². The van der Waals surface area contributed by atoms with E-state index in [1.165, 1.54) is 0 Å². The van der Waals surface area contributed by atoms with Crippen molar-refractivity contribution in [2.75, 3.05) is 24.6 Å². The second-order valence-corrected chi connectivity index (χ2v) is 8.52. The molecule has 1 aromatic carbocycles. The average Bonchev–Trinajstić information content (AvgIpc) is 2.46. The third kappa shape index (κ3) is 3.93. The van der Waals surface area contributed by atoms with Gasteiger partial charge in [0.15, 0.2) is 0 Å². The molecule has 0 aromatic heterocycles. The standard InChI is InChI=1S/C14H21ClN2O2S2/c1-3-16-9-12-4-5-13(8-14(12)15)21(18,19)17-6-7-20-10-11(17)2/h4-5,8,11,16H,3,6-7,9-10H2,1-2H3. The van der Waals surface area contributed by atoms with Gasteiger partial charge in [0.25, 0.3) is 0 Å². The van der Waals surface area contributed by atoms with Crippen molar-refractivity contribution < 1.29 is 8.42 Å². The van der Waals surface area contributed by atoms with Gasteiger partial charge >= 0.3 is 0 Å². The molecule has 0 amide bonds. The number of nitrogens with one attached hydrogen (secondary N) is 1. The molecule has 7 heteroatoms. The maximum absolute atomic E-state index is 12.7. The summed E-state index contributed by atoms with van der Waals surface area (Å²) in [4.78, 5) is 0.284. The highest BCUT2D eigenvalue weighted by Gasteiger charge is 2.31. The van der Waals surface area contributed by atoms with Crippen LogP contribution in [0.2, 0.25) is 5.02 Å². The van der Waals surface area contributed by atoms with Crippen molar-refractivity contribution in [3.05, 3.63) is 28.8 Å². The Kier molecular flexibility index (Phi) is 5.96. The Balaban J connectivity index is 2.26. The molecule has 1 saturated heterocycles. The first-order valence-corrected chi connectivity index (χ1v) is 10.0. The van der Waals surface area contributed by atoms with E-state index in [-0.39, 0.29) is 10.9 Å². The van der Waals surface area contributed by atoms with Crippen LogP contribution in [0.25, 0.3) is 0 Å². The lowest BCUT2D eigenvalue weighted by Crippen LogP contribution is -2.44. The molecule has 1 aromatic rings. The zero-order valence-corrected chi connectivity index (χ0v) is 14.7. The van der Waals surface area contributed by atoms with E-state index in [4.69, 9.17) is 11.6 Å². The van der Waals surface area contributed by atoms with Gasteiger partial charge in [-0.05, 0) is 31.2 Å². The average molecular weight is 349 g/mol. The van der Waals surface area contributed by atoms with Gasteiger partial charge < -0.3 is 5.32 Å². The summed E-state index contributed by atoms with van der Waals surface area (Å²) < 4.78 is 27.0. The molecular formula is C14H21ClN2O2S2. The van der Waals surface area contributed by atoms with Crippen LogP contribution in [-0.2, 0) is 16.6 Å². The number of hydrogen-bond acceptors (Lipinski definition) is 4. The van der Waals surface area contributed by atoms with E-state index < -0.39 is 10.0 Å². The Morgan fingerprint density at radius 3 is 2.86 bits per heavy atom. The molecule has 0 spiro atoms. The van der Waals surface area contributed by atoms with Crippen molar-refractivity contribution in [3.8, 4) is 0 Å². The Bertz CT molecular complexity index is 593. The first-order valence-electron chi connectivity index (χ1n) is 7.05. The van der Waals surface area contributed by atoms with Gasteiger partial charge in [0.1, 0.15) is 0 Å². The fourth-order valence-corrected chi connectivity index (χ4v) is 5.49. The number of halogens is 1. The van der Waals surface area contributed by atoms with Gasteiger partial charge in [-0.15, -0.1) is 0 Å². The Hall–Kier alpha value is -0.270. The normalized spacial score (nSPS) is 20.6. The Morgan fingerprint density at radius 1 is 1.48 bits per heavy atom. The number of hydrogen-bond donors (Lipinski definition) is 1. The molecule has 1 aliphatic heterocycles. The van der Waals surface area contributed by atoms with Gasteiger partial charge in [-0.2, -0.15) is 16.1 Å². The molecule has 1 heterocycles. The van der Waals surface area contributed by atoms with E-state index in [0.717, 1.165) is 23.6 Å². The van der Waals surface area contributed by atoms with Crippen LogP contribution >= 0.6 is 23.4 Å². The van der Waals surface area contributed by atoms with Crippen LogP contribution in [0.1, 0.15) is 19.4 Å². The third-order valence-electron chi connectivity index (χ3n) is 3.50. The van der Waals surface area contributed by atoms with E-state index in [1.54, 1.807) is 34.3 Å². The molecule has 0 aliphatic carbocycles. The summed E-state index contributed by atoms with van der Waals surface area (Å²) >= 11 is 8.01. The van der Waals surface area contributed by atoms with Crippen LogP contribution in [0.3, 0.4) is 0 Å². The first kappa shape index (κ1) is 17.1. The van der Waals surface area contributed by atoms with Crippen molar-refractivity contribution >= 4 is 33.4 Å². The van der Waals surface area contributed by atoms with Crippen molar-refractivity contribution in [2.45, 2.75) is 31.3 Å². The van der Waals surface area contributed by atoms with Gasteiger partial charge in [-0.25, -0.2) is 8.42 Å². The summed E-state index contributed by atoms with van der Waals surface area (Å²) in [6.45, 7) is 6.02. The van der Waals surface area contributed by atoms with Crippen LogP contribution in [0.4, 0.5) is 0 Å². The summed E-state index contributed by atoms with van der Waals surface area (Å²) in [5, 5.41) is 3.68. The highest BCUT2D eigenvalue weighted by Crippen LogP contribution is 2.27. The molecule has 4 nitrogen and oxygen atoms in total. The van der Waals surface area contributed by atoms with Crippen molar-refractivity contribution in [3.63, 3.8) is 0 Å². The zero-order chi connectivity index (χ0) is 15.5. The lowest BCUT2D eigenvalue weighted by molar-refractivity contribution is 0.367. The molecule has 1 fully saturated rings. The van der Waals surface area contributed by atoms with E-state index in [1.807, 2.05) is 13.8 Å². The fraction of sp³-hybridized carbons (Fsp3) is 0.571. The highest BCUT2D eigenvalue weighted by atomic mass is 35.5. The van der Waals surface area contributed by atoms with E-state index >= 15 is 0 Å². The number of benzene rings is 1. The van der Waals surface area contributed by atoms with Crippen molar-refractivity contribution in [1.82, 2.24) is 9.62 Å².